The smallest absolute Gasteiger partial charge is 0.252 e. The fraction of sp³-hybridized carbons (Fsp3) is 0.391. The van der Waals surface area contributed by atoms with Gasteiger partial charge in [0.2, 0.25) is 15.9 Å². The average Bonchev–Trinajstić information content (AvgIpc) is 3.42. The lowest BCUT2D eigenvalue weighted by atomic mass is 10.2. The summed E-state index contributed by atoms with van der Waals surface area (Å²) in [5.41, 5.74) is 0.344. The van der Waals surface area contributed by atoms with Crippen LogP contribution in [0, 0.1) is 0 Å². The molecule has 0 bridgehead atoms. The summed E-state index contributed by atoms with van der Waals surface area (Å²) in [6.07, 6.45) is 0.741. The van der Waals surface area contributed by atoms with Crippen LogP contribution >= 0.6 is 23.2 Å². The zero-order valence-electron chi connectivity index (χ0n) is 18.4. The molecule has 2 saturated heterocycles. The molecular formula is C23H24Cl2N2O6S. The third-order valence-corrected chi connectivity index (χ3v) is 8.36. The largest absolute Gasteiger partial charge is 0.494 e. The van der Waals surface area contributed by atoms with Gasteiger partial charge in [0.25, 0.3) is 5.91 Å². The number of hydrogen-bond acceptors (Lipinski definition) is 6. The second kappa shape index (κ2) is 10.2. The summed E-state index contributed by atoms with van der Waals surface area (Å²) in [6, 6.07) is 9.36. The number of ether oxygens (including phenoxy) is 2. The first kappa shape index (κ1) is 24.9. The predicted molar refractivity (Wildman–Crippen MR) is 128 cm³/mol. The van der Waals surface area contributed by atoms with Crippen molar-refractivity contribution in [3.63, 3.8) is 0 Å². The summed E-state index contributed by atoms with van der Waals surface area (Å²) in [5, 5.41) is 0.159. The minimum absolute atomic E-state index is 0.0260. The molecular weight excluding hydrogens is 503 g/mol. The van der Waals surface area contributed by atoms with Gasteiger partial charge in [0, 0.05) is 18.2 Å². The summed E-state index contributed by atoms with van der Waals surface area (Å²) in [4.78, 5) is 27.1. The molecule has 4 rings (SSSR count). The summed E-state index contributed by atoms with van der Waals surface area (Å²) in [5.74, 6) is -0.530. The molecule has 8 nitrogen and oxygen atoms in total. The molecule has 2 aromatic carbocycles. The predicted octanol–water partition coefficient (Wildman–Crippen LogP) is 3.89. The second-order valence-corrected chi connectivity index (χ2v) is 10.7. The lowest BCUT2D eigenvalue weighted by Gasteiger charge is -2.29. The van der Waals surface area contributed by atoms with E-state index in [1.54, 1.807) is 24.3 Å². The first-order chi connectivity index (χ1) is 16.2. The Hall–Kier alpha value is -2.17. The van der Waals surface area contributed by atoms with Gasteiger partial charge in [-0.25, -0.2) is 13.3 Å². The van der Waals surface area contributed by atoms with Crippen molar-refractivity contribution in [3.05, 3.63) is 52.5 Å². The van der Waals surface area contributed by atoms with Gasteiger partial charge >= 0.3 is 0 Å². The van der Waals surface area contributed by atoms with Crippen molar-refractivity contribution in [3.8, 4) is 5.75 Å². The molecule has 0 N–H and O–H groups in total. The van der Waals surface area contributed by atoms with E-state index in [4.69, 9.17) is 32.7 Å². The summed E-state index contributed by atoms with van der Waals surface area (Å²) < 4.78 is 39.5. The molecule has 0 aromatic heterocycles. The number of anilines is 1. The van der Waals surface area contributed by atoms with Gasteiger partial charge < -0.3 is 9.47 Å². The van der Waals surface area contributed by atoms with Gasteiger partial charge in [-0.15, -0.1) is 0 Å². The van der Waals surface area contributed by atoms with Crippen molar-refractivity contribution in [2.75, 3.05) is 24.7 Å². The quantitative estimate of drug-likeness (QED) is 0.484. The maximum atomic E-state index is 13.7. The van der Waals surface area contributed by atoms with Gasteiger partial charge in [-0.05, 0) is 62.2 Å². The van der Waals surface area contributed by atoms with Crippen molar-refractivity contribution in [1.29, 1.82) is 0 Å². The summed E-state index contributed by atoms with van der Waals surface area (Å²) >= 11 is 12.3. The maximum absolute atomic E-state index is 13.7. The Morgan fingerprint density at radius 2 is 1.88 bits per heavy atom. The lowest BCUT2D eigenvalue weighted by molar-refractivity contribution is -0.122. The van der Waals surface area contributed by atoms with Crippen LogP contribution in [0.25, 0.3) is 0 Å². The fourth-order valence-electron chi connectivity index (χ4n) is 4.15. The molecule has 0 saturated carbocycles. The molecule has 0 spiro atoms. The number of benzene rings is 2. The summed E-state index contributed by atoms with van der Waals surface area (Å²) in [7, 11) is -4.28. The number of halogens is 2. The maximum Gasteiger partial charge on any atom is 0.252 e. The van der Waals surface area contributed by atoms with Gasteiger partial charge in [0.15, 0.2) is 0 Å². The Bertz CT molecular complexity index is 1180. The fourth-order valence-corrected chi connectivity index (χ4v) is 6.51. The Labute approximate surface area is 208 Å². The van der Waals surface area contributed by atoms with Crippen LogP contribution in [0.3, 0.4) is 0 Å². The molecule has 34 heavy (non-hydrogen) atoms. The topological polar surface area (TPSA) is 93.2 Å². The van der Waals surface area contributed by atoms with Crippen molar-refractivity contribution >= 4 is 50.7 Å². The number of amides is 2. The van der Waals surface area contributed by atoms with E-state index in [0.717, 1.165) is 15.6 Å². The molecule has 2 aromatic rings. The third-order valence-electron chi connectivity index (χ3n) is 5.76. The number of imide groups is 1. The van der Waals surface area contributed by atoms with Crippen LogP contribution in [0.1, 0.15) is 26.2 Å². The number of carbonyl (C=O) groups is 2. The lowest BCUT2D eigenvalue weighted by Crippen LogP contribution is -2.48. The van der Waals surface area contributed by atoms with Crippen LogP contribution in [-0.2, 0) is 24.3 Å². The van der Waals surface area contributed by atoms with E-state index >= 15 is 0 Å². The molecule has 0 radical (unpaired) electrons. The monoisotopic (exact) mass is 526 g/mol. The van der Waals surface area contributed by atoms with E-state index in [9.17, 15) is 18.0 Å². The van der Waals surface area contributed by atoms with Gasteiger partial charge in [-0.1, -0.05) is 23.2 Å². The molecule has 2 fully saturated rings. The van der Waals surface area contributed by atoms with Gasteiger partial charge in [-0.3, -0.25) is 9.59 Å². The molecule has 0 aliphatic carbocycles. The molecule has 2 aliphatic heterocycles. The second-order valence-electron chi connectivity index (χ2n) is 8.00. The Kier molecular flexibility index (Phi) is 7.49. The van der Waals surface area contributed by atoms with Crippen LogP contribution in [0.5, 0.6) is 5.75 Å². The third kappa shape index (κ3) is 4.94. The van der Waals surface area contributed by atoms with Crippen molar-refractivity contribution < 1.29 is 27.5 Å². The number of carbonyl (C=O) groups excluding carboxylic acids is 2. The van der Waals surface area contributed by atoms with Gasteiger partial charge in [0.1, 0.15) is 16.7 Å². The average molecular weight is 527 g/mol. The van der Waals surface area contributed by atoms with Crippen molar-refractivity contribution in [2.45, 2.75) is 43.2 Å². The minimum atomic E-state index is -4.28. The zero-order valence-corrected chi connectivity index (χ0v) is 20.8. The van der Waals surface area contributed by atoms with E-state index in [2.05, 4.69) is 0 Å². The van der Waals surface area contributed by atoms with E-state index in [1.807, 2.05) is 6.92 Å². The van der Waals surface area contributed by atoms with Crippen LogP contribution in [0.4, 0.5) is 5.69 Å². The highest BCUT2D eigenvalue weighted by Gasteiger charge is 2.48. The highest BCUT2D eigenvalue weighted by atomic mass is 35.5. The van der Waals surface area contributed by atoms with Crippen LogP contribution in [0.2, 0.25) is 10.0 Å². The molecule has 2 amide bonds. The SMILES string of the molecule is CCOc1ccc(N2C(=O)CC(N(CC3CCCO3)S(=O)(=O)c3cc(Cl)ccc3Cl)C2=O)cc1. The Morgan fingerprint density at radius 1 is 1.15 bits per heavy atom. The standard InChI is InChI=1S/C23H24Cl2N2O6S/c1-2-32-17-8-6-16(7-9-17)27-22(28)13-20(23(27)29)26(14-18-4-3-11-33-18)34(30,31)21-12-15(24)5-10-19(21)25/h5-10,12,18,20H,2-4,11,13-14H2,1H3. The molecule has 2 aliphatic rings. The van der Waals surface area contributed by atoms with Crippen LogP contribution in [-0.4, -0.2) is 56.4 Å². The number of nitrogens with zero attached hydrogens (tertiary/aromatic N) is 2. The molecule has 2 unspecified atom stereocenters. The molecule has 11 heteroatoms. The summed E-state index contributed by atoms with van der Waals surface area (Å²) in [6.45, 7) is 2.75. The van der Waals surface area contributed by atoms with Gasteiger partial charge in [0.05, 0.1) is 29.8 Å². The zero-order chi connectivity index (χ0) is 24.5. The number of rotatable bonds is 8. The van der Waals surface area contributed by atoms with E-state index in [1.165, 1.54) is 18.2 Å². The first-order valence-corrected chi connectivity index (χ1v) is 13.1. The van der Waals surface area contributed by atoms with Crippen LogP contribution < -0.4 is 9.64 Å². The van der Waals surface area contributed by atoms with Crippen molar-refractivity contribution in [2.24, 2.45) is 0 Å². The Morgan fingerprint density at radius 3 is 2.53 bits per heavy atom. The highest BCUT2D eigenvalue weighted by molar-refractivity contribution is 7.89. The first-order valence-electron chi connectivity index (χ1n) is 10.9. The number of sulfonamides is 1. The minimum Gasteiger partial charge on any atom is -0.494 e. The highest BCUT2D eigenvalue weighted by Crippen LogP contribution is 2.34. The van der Waals surface area contributed by atoms with Crippen LogP contribution in [0.15, 0.2) is 47.4 Å². The Balaban J connectivity index is 1.69. The van der Waals surface area contributed by atoms with E-state index < -0.39 is 34.0 Å². The van der Waals surface area contributed by atoms with Gasteiger partial charge in [-0.2, -0.15) is 4.31 Å². The van der Waals surface area contributed by atoms with E-state index in [-0.39, 0.29) is 27.9 Å². The molecule has 182 valence electrons. The molecule has 2 heterocycles. The van der Waals surface area contributed by atoms with Crippen molar-refractivity contribution in [1.82, 2.24) is 4.31 Å². The molecule has 2 atom stereocenters. The normalized spacial score (nSPS) is 21.0. The number of hydrogen-bond donors (Lipinski definition) is 0. The van der Waals surface area contributed by atoms with E-state index in [0.29, 0.717) is 31.1 Å².